The van der Waals surface area contributed by atoms with Crippen molar-refractivity contribution in [1.82, 2.24) is 19.7 Å². The molecule has 96 valence electrons. The molecule has 0 saturated carbocycles. The van der Waals surface area contributed by atoms with E-state index in [1.165, 1.54) is 0 Å². The predicted octanol–water partition coefficient (Wildman–Crippen LogP) is 1.37. The first-order valence-corrected chi connectivity index (χ1v) is 5.69. The lowest BCUT2D eigenvalue weighted by molar-refractivity contribution is 0.181. The highest BCUT2D eigenvalue weighted by molar-refractivity contribution is 5.59. The van der Waals surface area contributed by atoms with E-state index < -0.39 is 0 Å². The van der Waals surface area contributed by atoms with Crippen molar-refractivity contribution in [2.45, 2.75) is 13.5 Å². The van der Waals surface area contributed by atoms with E-state index in [0.29, 0.717) is 12.4 Å². The number of rotatable bonds is 4. The summed E-state index contributed by atoms with van der Waals surface area (Å²) >= 11 is 0. The van der Waals surface area contributed by atoms with Gasteiger partial charge in [-0.2, -0.15) is 5.10 Å². The number of hydrogen-bond acceptors (Lipinski definition) is 5. The minimum absolute atomic E-state index is 0.462. The van der Waals surface area contributed by atoms with Crippen molar-refractivity contribution < 1.29 is 4.74 Å². The SMILES string of the molecule is CNc1cc(COC)nc(-c2cn(C)nc2C)n1. The van der Waals surface area contributed by atoms with Gasteiger partial charge in [-0.1, -0.05) is 0 Å². The Kier molecular flexibility index (Phi) is 3.57. The van der Waals surface area contributed by atoms with E-state index >= 15 is 0 Å². The number of nitrogens with one attached hydrogen (secondary N) is 1. The summed E-state index contributed by atoms with van der Waals surface area (Å²) in [4.78, 5) is 8.93. The molecule has 0 aliphatic rings. The van der Waals surface area contributed by atoms with Crippen LogP contribution in [0.2, 0.25) is 0 Å². The molecular formula is C12H17N5O. The van der Waals surface area contributed by atoms with Crippen LogP contribution in [0.25, 0.3) is 11.4 Å². The van der Waals surface area contributed by atoms with Gasteiger partial charge >= 0.3 is 0 Å². The number of anilines is 1. The summed E-state index contributed by atoms with van der Waals surface area (Å²) in [6, 6.07) is 1.87. The Balaban J connectivity index is 2.49. The Hall–Kier alpha value is -1.95. The average Bonchev–Trinajstić information content (AvgIpc) is 2.68. The van der Waals surface area contributed by atoms with Gasteiger partial charge in [0, 0.05) is 33.5 Å². The van der Waals surface area contributed by atoms with E-state index in [-0.39, 0.29) is 0 Å². The summed E-state index contributed by atoms with van der Waals surface area (Å²) in [7, 11) is 5.36. The number of methoxy groups -OCH3 is 1. The average molecular weight is 247 g/mol. The van der Waals surface area contributed by atoms with Gasteiger partial charge in [-0.3, -0.25) is 4.68 Å². The van der Waals surface area contributed by atoms with E-state index in [9.17, 15) is 0 Å². The Labute approximate surface area is 106 Å². The van der Waals surface area contributed by atoms with E-state index in [0.717, 1.165) is 22.8 Å². The summed E-state index contributed by atoms with van der Waals surface area (Å²) in [5.41, 5.74) is 2.69. The molecule has 0 aliphatic carbocycles. The molecule has 6 nitrogen and oxygen atoms in total. The van der Waals surface area contributed by atoms with Crippen LogP contribution in [0.5, 0.6) is 0 Å². The molecule has 1 N–H and O–H groups in total. The lowest BCUT2D eigenvalue weighted by Crippen LogP contribution is -2.02. The van der Waals surface area contributed by atoms with Crippen LogP contribution in [0.15, 0.2) is 12.3 Å². The largest absolute Gasteiger partial charge is 0.378 e. The molecule has 2 rings (SSSR count). The molecule has 0 aromatic carbocycles. The van der Waals surface area contributed by atoms with E-state index in [2.05, 4.69) is 20.4 Å². The lowest BCUT2D eigenvalue weighted by Gasteiger charge is -2.06. The molecule has 2 aromatic rings. The summed E-state index contributed by atoms with van der Waals surface area (Å²) in [6.07, 6.45) is 1.92. The highest BCUT2D eigenvalue weighted by Gasteiger charge is 2.11. The van der Waals surface area contributed by atoms with Crippen LogP contribution in [0.4, 0.5) is 5.82 Å². The Morgan fingerprint density at radius 2 is 2.17 bits per heavy atom. The summed E-state index contributed by atoms with van der Waals surface area (Å²) < 4.78 is 6.87. The van der Waals surface area contributed by atoms with Crippen LogP contribution >= 0.6 is 0 Å². The Bertz CT molecular complexity index is 549. The number of nitrogens with zero attached hydrogens (tertiary/aromatic N) is 4. The van der Waals surface area contributed by atoms with Gasteiger partial charge in [0.15, 0.2) is 5.82 Å². The fourth-order valence-electron chi connectivity index (χ4n) is 1.79. The Morgan fingerprint density at radius 3 is 2.72 bits per heavy atom. The summed E-state index contributed by atoms with van der Waals surface area (Å²) in [6.45, 7) is 2.41. The lowest BCUT2D eigenvalue weighted by atomic mass is 10.2. The zero-order chi connectivity index (χ0) is 13.1. The maximum atomic E-state index is 5.11. The van der Waals surface area contributed by atoms with Crippen molar-refractivity contribution in [2.75, 3.05) is 19.5 Å². The third kappa shape index (κ3) is 2.48. The van der Waals surface area contributed by atoms with Crippen molar-refractivity contribution >= 4 is 5.82 Å². The van der Waals surface area contributed by atoms with Crippen molar-refractivity contribution in [3.63, 3.8) is 0 Å². The van der Waals surface area contributed by atoms with Crippen LogP contribution in [-0.4, -0.2) is 33.9 Å². The first-order chi connectivity index (χ1) is 8.63. The number of ether oxygens (including phenoxy) is 1. The normalized spacial score (nSPS) is 10.7. The fraction of sp³-hybridized carbons (Fsp3) is 0.417. The number of aryl methyl sites for hydroxylation is 2. The monoisotopic (exact) mass is 247 g/mol. The molecule has 6 heteroatoms. The standard InChI is InChI=1S/C12H17N5O/c1-8-10(6-17(3)16-8)12-14-9(7-18-4)5-11(13-2)15-12/h5-6H,7H2,1-4H3,(H,13,14,15). The minimum atomic E-state index is 0.462. The van der Waals surface area contributed by atoms with Gasteiger partial charge in [0.1, 0.15) is 5.82 Å². The highest BCUT2D eigenvalue weighted by Crippen LogP contribution is 2.20. The molecule has 0 atom stereocenters. The Morgan fingerprint density at radius 1 is 1.39 bits per heavy atom. The summed E-state index contributed by atoms with van der Waals surface area (Å²) in [5.74, 6) is 1.44. The number of aromatic nitrogens is 4. The fourth-order valence-corrected chi connectivity index (χ4v) is 1.79. The van der Waals surface area contributed by atoms with Crippen LogP contribution in [0, 0.1) is 6.92 Å². The van der Waals surface area contributed by atoms with Crippen LogP contribution in [0.1, 0.15) is 11.4 Å². The van der Waals surface area contributed by atoms with Crippen LogP contribution in [0.3, 0.4) is 0 Å². The topological polar surface area (TPSA) is 64.9 Å². The van der Waals surface area contributed by atoms with Crippen molar-refractivity contribution in [3.05, 3.63) is 23.7 Å². The predicted molar refractivity (Wildman–Crippen MR) is 69.2 cm³/mol. The maximum absolute atomic E-state index is 5.11. The molecule has 18 heavy (non-hydrogen) atoms. The number of hydrogen-bond donors (Lipinski definition) is 1. The molecule has 0 amide bonds. The van der Waals surface area contributed by atoms with E-state index in [4.69, 9.17) is 4.74 Å². The van der Waals surface area contributed by atoms with Crippen molar-refractivity contribution in [3.8, 4) is 11.4 Å². The molecule has 0 bridgehead atoms. The first kappa shape index (κ1) is 12.5. The van der Waals surface area contributed by atoms with Crippen molar-refractivity contribution in [1.29, 1.82) is 0 Å². The quantitative estimate of drug-likeness (QED) is 0.884. The van der Waals surface area contributed by atoms with Gasteiger partial charge in [-0.15, -0.1) is 0 Å². The second kappa shape index (κ2) is 5.14. The molecular weight excluding hydrogens is 230 g/mol. The van der Waals surface area contributed by atoms with Crippen molar-refractivity contribution in [2.24, 2.45) is 7.05 Å². The molecule has 0 unspecified atom stereocenters. The van der Waals surface area contributed by atoms with E-state index in [1.54, 1.807) is 11.8 Å². The van der Waals surface area contributed by atoms with E-state index in [1.807, 2.05) is 33.3 Å². The molecule has 0 spiro atoms. The zero-order valence-corrected chi connectivity index (χ0v) is 11.1. The maximum Gasteiger partial charge on any atom is 0.165 e. The third-order valence-electron chi connectivity index (χ3n) is 2.58. The summed E-state index contributed by atoms with van der Waals surface area (Å²) in [5, 5.41) is 7.33. The van der Waals surface area contributed by atoms with Gasteiger partial charge in [0.2, 0.25) is 0 Å². The first-order valence-electron chi connectivity index (χ1n) is 5.69. The minimum Gasteiger partial charge on any atom is -0.378 e. The molecule has 2 aromatic heterocycles. The smallest absolute Gasteiger partial charge is 0.165 e. The zero-order valence-electron chi connectivity index (χ0n) is 11.1. The third-order valence-corrected chi connectivity index (χ3v) is 2.58. The molecule has 0 fully saturated rings. The van der Waals surface area contributed by atoms with Gasteiger partial charge < -0.3 is 10.1 Å². The van der Waals surface area contributed by atoms with Crippen LogP contribution in [-0.2, 0) is 18.4 Å². The highest BCUT2D eigenvalue weighted by atomic mass is 16.5. The molecule has 0 radical (unpaired) electrons. The van der Waals surface area contributed by atoms with Gasteiger partial charge in [0.05, 0.1) is 23.6 Å². The van der Waals surface area contributed by atoms with Crippen LogP contribution < -0.4 is 5.32 Å². The molecule has 0 saturated heterocycles. The second-order valence-corrected chi connectivity index (χ2v) is 4.05. The molecule has 0 aliphatic heterocycles. The van der Waals surface area contributed by atoms with Gasteiger partial charge in [-0.25, -0.2) is 9.97 Å². The molecule has 2 heterocycles. The second-order valence-electron chi connectivity index (χ2n) is 4.05. The van der Waals surface area contributed by atoms with Gasteiger partial charge in [0.25, 0.3) is 0 Å². The van der Waals surface area contributed by atoms with Gasteiger partial charge in [-0.05, 0) is 6.92 Å².